The third-order valence-corrected chi connectivity index (χ3v) is 8.40. The van der Waals surface area contributed by atoms with Gasteiger partial charge in [-0.2, -0.15) is 0 Å². The minimum absolute atomic E-state index is 0.0897. The highest BCUT2D eigenvalue weighted by Crippen LogP contribution is 2.27. The summed E-state index contributed by atoms with van der Waals surface area (Å²) in [5.74, 6) is -0.881. The van der Waals surface area contributed by atoms with Crippen LogP contribution in [0.2, 0.25) is 0 Å². The van der Waals surface area contributed by atoms with E-state index in [1.807, 2.05) is 60.7 Å². The number of nitrogens with zero attached hydrogens (tertiary/aromatic N) is 1. The van der Waals surface area contributed by atoms with Crippen LogP contribution in [0.3, 0.4) is 0 Å². The van der Waals surface area contributed by atoms with Gasteiger partial charge in [0.05, 0.1) is 16.0 Å². The van der Waals surface area contributed by atoms with Crippen LogP contribution in [0, 0.1) is 0 Å². The Labute approximate surface area is 255 Å². The van der Waals surface area contributed by atoms with Gasteiger partial charge in [-0.05, 0) is 54.6 Å². The minimum atomic E-state index is -0.481. The topological polar surface area (TPSA) is 116 Å². The highest BCUT2D eigenvalue weighted by Gasteiger charge is 2.17. The number of thioether (sulfide) groups is 1. The number of rotatable bonds is 9. The summed E-state index contributed by atoms with van der Waals surface area (Å²) in [5.41, 5.74) is 3.57. The van der Waals surface area contributed by atoms with Gasteiger partial charge >= 0.3 is 0 Å². The third-order valence-electron chi connectivity index (χ3n) is 6.45. The number of aromatic nitrogens is 2. The molecule has 0 spiro atoms. The van der Waals surface area contributed by atoms with Gasteiger partial charge in [0.25, 0.3) is 11.8 Å². The van der Waals surface area contributed by atoms with E-state index in [9.17, 15) is 14.4 Å². The van der Waals surface area contributed by atoms with Crippen molar-refractivity contribution in [3.05, 3.63) is 126 Å². The predicted molar refractivity (Wildman–Crippen MR) is 174 cm³/mol. The molecule has 0 bridgehead atoms. The Balaban J connectivity index is 1.16. The maximum absolute atomic E-state index is 13.5. The minimum Gasteiger partial charge on any atom is -0.361 e. The Hall–Kier alpha value is -5.19. The molecular weight excluding hydrogens is 579 g/mol. The number of para-hydroxylation sites is 2. The second-order valence-corrected chi connectivity index (χ2v) is 11.6. The van der Waals surface area contributed by atoms with E-state index in [-0.39, 0.29) is 17.4 Å². The zero-order valence-electron chi connectivity index (χ0n) is 22.7. The molecule has 43 heavy (non-hydrogen) atoms. The van der Waals surface area contributed by atoms with E-state index in [1.54, 1.807) is 54.7 Å². The van der Waals surface area contributed by atoms with Gasteiger partial charge in [0.15, 0.2) is 5.13 Å². The molecule has 0 saturated heterocycles. The summed E-state index contributed by atoms with van der Waals surface area (Å²) >= 11 is 2.77. The van der Waals surface area contributed by atoms with E-state index in [0.29, 0.717) is 16.4 Å². The highest BCUT2D eigenvalue weighted by atomic mass is 32.2. The van der Waals surface area contributed by atoms with Crippen LogP contribution in [0.5, 0.6) is 0 Å². The van der Waals surface area contributed by atoms with Crippen LogP contribution in [0.15, 0.2) is 120 Å². The molecule has 3 amide bonds. The second kappa shape index (κ2) is 12.8. The number of carbonyl (C=O) groups is 3. The molecule has 4 N–H and O–H groups in total. The van der Waals surface area contributed by atoms with Crippen molar-refractivity contribution in [1.82, 2.24) is 15.3 Å². The lowest BCUT2D eigenvalue weighted by molar-refractivity contribution is -0.114. The van der Waals surface area contributed by atoms with Gasteiger partial charge in [0.1, 0.15) is 5.70 Å². The number of hydrogen-bond acceptors (Lipinski definition) is 6. The van der Waals surface area contributed by atoms with Gasteiger partial charge in [-0.25, -0.2) is 4.98 Å². The molecule has 0 aliphatic carbocycles. The van der Waals surface area contributed by atoms with Crippen LogP contribution in [-0.2, 0) is 9.59 Å². The quantitative estimate of drug-likeness (QED) is 0.106. The van der Waals surface area contributed by atoms with E-state index in [0.717, 1.165) is 31.6 Å². The number of hydrogen-bond donors (Lipinski definition) is 4. The molecule has 0 aliphatic rings. The van der Waals surface area contributed by atoms with E-state index < -0.39 is 11.8 Å². The van der Waals surface area contributed by atoms with Gasteiger partial charge in [-0.1, -0.05) is 65.9 Å². The molecule has 2 heterocycles. The number of anilines is 2. The lowest BCUT2D eigenvalue weighted by atomic mass is 10.1. The first-order chi connectivity index (χ1) is 21.0. The Kier molecular flexibility index (Phi) is 8.30. The average Bonchev–Trinajstić information content (AvgIpc) is 3.63. The van der Waals surface area contributed by atoms with Gasteiger partial charge in [0.2, 0.25) is 5.91 Å². The Morgan fingerprint density at radius 3 is 2.51 bits per heavy atom. The van der Waals surface area contributed by atoms with E-state index >= 15 is 0 Å². The van der Waals surface area contributed by atoms with Crippen LogP contribution < -0.4 is 16.0 Å². The van der Waals surface area contributed by atoms with Crippen molar-refractivity contribution in [2.24, 2.45) is 0 Å². The zero-order chi connectivity index (χ0) is 29.6. The molecule has 0 unspecified atom stereocenters. The van der Waals surface area contributed by atoms with Gasteiger partial charge in [0, 0.05) is 38.8 Å². The van der Waals surface area contributed by atoms with E-state index in [4.69, 9.17) is 0 Å². The molecule has 212 valence electrons. The number of aromatic amines is 1. The van der Waals surface area contributed by atoms with Crippen LogP contribution >= 0.6 is 23.1 Å². The van der Waals surface area contributed by atoms with Crippen molar-refractivity contribution >= 4 is 78.8 Å². The SMILES string of the molecule is O=C(CSc1cccc(NC(=O)/C(=C/c2c[nH]c3ccccc23)NC(=O)c2ccccc2)c1)Nc1nc2ccccc2s1. The molecule has 2 aromatic heterocycles. The number of H-pyrrole nitrogens is 1. The van der Waals surface area contributed by atoms with Gasteiger partial charge < -0.3 is 20.9 Å². The van der Waals surface area contributed by atoms with Crippen molar-refractivity contribution in [3.63, 3.8) is 0 Å². The maximum atomic E-state index is 13.5. The number of thiazole rings is 1. The zero-order valence-corrected chi connectivity index (χ0v) is 24.3. The molecule has 6 aromatic rings. The summed E-state index contributed by atoms with van der Waals surface area (Å²) in [7, 11) is 0. The lowest BCUT2D eigenvalue weighted by Gasteiger charge is -2.12. The number of amides is 3. The Morgan fingerprint density at radius 1 is 0.860 bits per heavy atom. The molecule has 6 rings (SSSR count). The first-order valence-corrected chi connectivity index (χ1v) is 15.2. The summed E-state index contributed by atoms with van der Waals surface area (Å²) in [6.07, 6.45) is 3.45. The third kappa shape index (κ3) is 6.83. The van der Waals surface area contributed by atoms with Crippen molar-refractivity contribution < 1.29 is 14.4 Å². The molecule has 8 nitrogen and oxygen atoms in total. The Morgan fingerprint density at radius 2 is 1.65 bits per heavy atom. The fraction of sp³-hybridized carbons (Fsp3) is 0.0303. The van der Waals surface area contributed by atoms with E-state index in [2.05, 4.69) is 25.9 Å². The molecule has 10 heteroatoms. The smallest absolute Gasteiger partial charge is 0.272 e. The van der Waals surface area contributed by atoms with Crippen LogP contribution in [0.25, 0.3) is 27.2 Å². The second-order valence-electron chi connectivity index (χ2n) is 9.47. The summed E-state index contributed by atoms with van der Waals surface area (Å²) in [5, 5.41) is 10.00. The van der Waals surface area contributed by atoms with Crippen LogP contribution in [-0.4, -0.2) is 33.4 Å². The maximum Gasteiger partial charge on any atom is 0.272 e. The van der Waals surface area contributed by atoms with Crippen molar-refractivity contribution in [2.75, 3.05) is 16.4 Å². The van der Waals surface area contributed by atoms with Crippen molar-refractivity contribution in [3.8, 4) is 0 Å². The number of nitrogens with one attached hydrogen (secondary N) is 4. The van der Waals surface area contributed by atoms with Crippen molar-refractivity contribution in [2.45, 2.75) is 4.90 Å². The largest absolute Gasteiger partial charge is 0.361 e. The molecule has 0 fully saturated rings. The molecule has 4 aromatic carbocycles. The fourth-order valence-electron chi connectivity index (χ4n) is 4.40. The van der Waals surface area contributed by atoms with Crippen LogP contribution in [0.4, 0.5) is 10.8 Å². The van der Waals surface area contributed by atoms with Gasteiger partial charge in [-0.15, -0.1) is 11.8 Å². The monoisotopic (exact) mass is 603 g/mol. The van der Waals surface area contributed by atoms with Crippen molar-refractivity contribution in [1.29, 1.82) is 0 Å². The Bertz CT molecular complexity index is 1950. The molecule has 0 atom stereocenters. The van der Waals surface area contributed by atoms with Crippen LogP contribution in [0.1, 0.15) is 15.9 Å². The molecule has 0 radical (unpaired) electrons. The number of carbonyl (C=O) groups excluding carboxylic acids is 3. The highest BCUT2D eigenvalue weighted by molar-refractivity contribution is 8.00. The molecule has 0 aliphatic heterocycles. The standard InChI is InChI=1S/C33H25N5O3S2/c39-30(38-33-37-27-15-6-7-16-29(27)43-33)20-42-24-12-8-11-23(18-24)35-32(41)28(36-31(40)21-9-2-1-3-10-21)17-22-19-34-26-14-5-4-13-25(22)26/h1-19,34H,20H2,(H,35,41)(H,36,40)(H,37,38,39)/b28-17-. The first-order valence-electron chi connectivity index (χ1n) is 13.4. The summed E-state index contributed by atoms with van der Waals surface area (Å²) < 4.78 is 1.01. The number of benzene rings is 4. The fourth-order valence-corrected chi connectivity index (χ4v) is 6.04. The lowest BCUT2D eigenvalue weighted by Crippen LogP contribution is -2.30. The van der Waals surface area contributed by atoms with E-state index in [1.165, 1.54) is 23.1 Å². The average molecular weight is 604 g/mol. The first kappa shape index (κ1) is 28.0. The number of fused-ring (bicyclic) bond motifs is 2. The molecule has 0 saturated carbocycles. The molecular formula is C33H25N5O3S2. The summed E-state index contributed by atoms with van der Waals surface area (Å²) in [6, 6.07) is 31.4. The summed E-state index contributed by atoms with van der Waals surface area (Å²) in [4.78, 5) is 47.6. The van der Waals surface area contributed by atoms with Gasteiger partial charge in [-0.3, -0.25) is 14.4 Å². The predicted octanol–water partition coefficient (Wildman–Crippen LogP) is 6.92. The summed E-state index contributed by atoms with van der Waals surface area (Å²) in [6.45, 7) is 0. The normalized spacial score (nSPS) is 11.4.